The molecule has 0 spiro atoms. The van der Waals surface area contributed by atoms with Crippen molar-refractivity contribution in [2.75, 3.05) is 0 Å². The molecule has 0 amide bonds. The van der Waals surface area contributed by atoms with Gasteiger partial charge >= 0.3 is 0 Å². The average Bonchev–Trinajstić information content (AvgIpc) is 2.03. The molecule has 0 aromatic rings. The summed E-state index contributed by atoms with van der Waals surface area (Å²) in [5.41, 5.74) is 1.57. The summed E-state index contributed by atoms with van der Waals surface area (Å²) in [6.07, 6.45) is 7.71. The van der Waals surface area contributed by atoms with Crippen molar-refractivity contribution in [3.8, 4) is 0 Å². The van der Waals surface area contributed by atoms with Gasteiger partial charge < -0.3 is 0 Å². The molecular formula is C11H20Si. The normalized spacial score (nSPS) is 18.8. The van der Waals surface area contributed by atoms with Crippen LogP contribution in [0.2, 0.25) is 19.6 Å². The van der Waals surface area contributed by atoms with Crippen LogP contribution in [-0.2, 0) is 0 Å². The van der Waals surface area contributed by atoms with E-state index in [1.807, 2.05) is 0 Å². The van der Waals surface area contributed by atoms with Crippen molar-refractivity contribution in [3.63, 3.8) is 0 Å². The zero-order chi connectivity index (χ0) is 9.19. The highest BCUT2D eigenvalue weighted by Gasteiger charge is 2.21. The van der Waals surface area contributed by atoms with E-state index in [4.69, 9.17) is 0 Å². The van der Waals surface area contributed by atoms with Gasteiger partial charge in [0.05, 0.1) is 8.07 Å². The minimum Gasteiger partial charge on any atom is -0.0996 e. The predicted octanol–water partition coefficient (Wildman–Crippen LogP) is 3.92. The predicted molar refractivity (Wildman–Crippen MR) is 59.0 cm³/mol. The lowest BCUT2D eigenvalue weighted by molar-refractivity contribution is 0.709. The lowest BCUT2D eigenvalue weighted by Crippen LogP contribution is -2.24. The zero-order valence-electron chi connectivity index (χ0n) is 8.61. The first kappa shape index (κ1) is 9.78. The molecule has 0 unspecified atom stereocenters. The van der Waals surface area contributed by atoms with Crippen LogP contribution in [0.5, 0.6) is 0 Å². The van der Waals surface area contributed by atoms with Gasteiger partial charge in [-0.1, -0.05) is 43.1 Å². The van der Waals surface area contributed by atoms with E-state index in [1.165, 1.54) is 30.9 Å². The van der Waals surface area contributed by atoms with Crippen molar-refractivity contribution in [1.82, 2.24) is 0 Å². The van der Waals surface area contributed by atoms with E-state index in [1.54, 1.807) is 5.57 Å². The summed E-state index contributed by atoms with van der Waals surface area (Å²) >= 11 is 0. The molecule has 12 heavy (non-hydrogen) atoms. The van der Waals surface area contributed by atoms with Gasteiger partial charge in [0.15, 0.2) is 0 Å². The molecule has 0 saturated heterocycles. The zero-order valence-corrected chi connectivity index (χ0v) is 9.61. The Morgan fingerprint density at radius 2 is 2.00 bits per heavy atom. The second kappa shape index (κ2) is 3.61. The highest BCUT2D eigenvalue weighted by Crippen LogP contribution is 2.28. The Labute approximate surface area is 77.4 Å². The van der Waals surface area contributed by atoms with Crippen LogP contribution in [-0.4, -0.2) is 8.07 Å². The maximum Gasteiger partial charge on any atom is 0.0771 e. The van der Waals surface area contributed by atoms with Crippen LogP contribution in [0.1, 0.15) is 25.7 Å². The van der Waals surface area contributed by atoms with Crippen LogP contribution in [0.15, 0.2) is 23.4 Å². The molecule has 0 fully saturated rings. The van der Waals surface area contributed by atoms with Crippen LogP contribution in [0, 0.1) is 0 Å². The topological polar surface area (TPSA) is 0 Å². The fourth-order valence-corrected chi connectivity index (χ4v) is 2.78. The lowest BCUT2D eigenvalue weighted by atomic mass is 10.00. The van der Waals surface area contributed by atoms with Crippen molar-refractivity contribution >= 4 is 8.07 Å². The Morgan fingerprint density at radius 3 is 2.42 bits per heavy atom. The molecule has 0 aromatic heterocycles. The van der Waals surface area contributed by atoms with Gasteiger partial charge in [0.25, 0.3) is 0 Å². The number of rotatable bonds is 2. The SMILES string of the molecule is C=C(C1=CCCCC1)[Si](C)(C)C. The average molecular weight is 180 g/mol. The van der Waals surface area contributed by atoms with Gasteiger partial charge in [-0.3, -0.25) is 0 Å². The van der Waals surface area contributed by atoms with E-state index in [-0.39, 0.29) is 0 Å². The Kier molecular flexibility index (Phi) is 2.94. The molecule has 0 atom stereocenters. The van der Waals surface area contributed by atoms with Crippen molar-refractivity contribution in [2.45, 2.75) is 45.3 Å². The maximum absolute atomic E-state index is 4.24. The van der Waals surface area contributed by atoms with E-state index in [0.717, 1.165) is 0 Å². The molecule has 1 aliphatic rings. The van der Waals surface area contributed by atoms with E-state index in [0.29, 0.717) is 0 Å². The van der Waals surface area contributed by atoms with Crippen LogP contribution >= 0.6 is 0 Å². The summed E-state index contributed by atoms with van der Waals surface area (Å²) in [7, 11) is -1.11. The first-order chi connectivity index (χ1) is 5.52. The molecule has 0 aliphatic heterocycles. The molecule has 0 aromatic carbocycles. The standard InChI is InChI=1S/C11H20Si/c1-10(12(2,3)4)11-8-6-5-7-9-11/h8H,1,5-7,9H2,2-4H3. The van der Waals surface area contributed by atoms with E-state index < -0.39 is 8.07 Å². The molecule has 1 heteroatoms. The molecule has 0 bridgehead atoms. The minimum atomic E-state index is -1.11. The molecule has 1 aliphatic carbocycles. The number of allylic oxidation sites excluding steroid dienone is 3. The van der Waals surface area contributed by atoms with Gasteiger partial charge in [0, 0.05) is 0 Å². The second-order valence-electron chi connectivity index (χ2n) is 4.70. The van der Waals surface area contributed by atoms with E-state index in [9.17, 15) is 0 Å². The molecule has 0 heterocycles. The summed E-state index contributed by atoms with van der Waals surface area (Å²) in [4.78, 5) is 0. The maximum atomic E-state index is 4.24. The molecule has 0 nitrogen and oxygen atoms in total. The molecule has 68 valence electrons. The van der Waals surface area contributed by atoms with Crippen LogP contribution in [0.3, 0.4) is 0 Å². The van der Waals surface area contributed by atoms with Gasteiger partial charge in [0.2, 0.25) is 0 Å². The number of hydrogen-bond donors (Lipinski definition) is 0. The van der Waals surface area contributed by atoms with Crippen molar-refractivity contribution in [2.24, 2.45) is 0 Å². The fourth-order valence-electron chi connectivity index (χ4n) is 1.59. The minimum absolute atomic E-state index is 1.11. The van der Waals surface area contributed by atoms with Crippen LogP contribution < -0.4 is 0 Å². The molecule has 0 N–H and O–H groups in total. The first-order valence-corrected chi connectivity index (χ1v) is 8.40. The van der Waals surface area contributed by atoms with Crippen molar-refractivity contribution in [3.05, 3.63) is 23.4 Å². The van der Waals surface area contributed by atoms with Gasteiger partial charge in [-0.2, -0.15) is 0 Å². The lowest BCUT2D eigenvalue weighted by Gasteiger charge is -2.24. The van der Waals surface area contributed by atoms with Gasteiger partial charge in [-0.05, 0) is 25.7 Å². The van der Waals surface area contributed by atoms with E-state index >= 15 is 0 Å². The Hall–Kier alpha value is -0.303. The quantitative estimate of drug-likeness (QED) is 0.565. The monoisotopic (exact) mass is 180 g/mol. The molecule has 1 rings (SSSR count). The summed E-state index contributed by atoms with van der Waals surface area (Å²) in [6, 6.07) is 0. The molecular weight excluding hydrogens is 160 g/mol. The largest absolute Gasteiger partial charge is 0.0996 e. The van der Waals surface area contributed by atoms with Gasteiger partial charge in [-0.25, -0.2) is 0 Å². The van der Waals surface area contributed by atoms with Crippen LogP contribution in [0.25, 0.3) is 0 Å². The Morgan fingerprint density at radius 1 is 1.33 bits per heavy atom. The van der Waals surface area contributed by atoms with E-state index in [2.05, 4.69) is 32.3 Å². The van der Waals surface area contributed by atoms with Crippen molar-refractivity contribution in [1.29, 1.82) is 0 Å². The Balaban J connectivity index is 2.70. The smallest absolute Gasteiger partial charge is 0.0771 e. The summed E-state index contributed by atoms with van der Waals surface area (Å²) in [6.45, 7) is 11.4. The third-order valence-electron chi connectivity index (χ3n) is 2.58. The summed E-state index contributed by atoms with van der Waals surface area (Å²) in [5.74, 6) is 0. The third kappa shape index (κ3) is 2.34. The second-order valence-corrected chi connectivity index (χ2v) is 9.81. The fraction of sp³-hybridized carbons (Fsp3) is 0.636. The number of hydrogen-bond acceptors (Lipinski definition) is 0. The first-order valence-electron chi connectivity index (χ1n) is 4.90. The summed E-state index contributed by atoms with van der Waals surface area (Å²) in [5, 5.41) is 1.47. The highest BCUT2D eigenvalue weighted by molar-refractivity contribution is 6.83. The van der Waals surface area contributed by atoms with Crippen molar-refractivity contribution < 1.29 is 0 Å². The molecule has 0 saturated carbocycles. The summed E-state index contributed by atoms with van der Waals surface area (Å²) < 4.78 is 0. The van der Waals surface area contributed by atoms with Crippen LogP contribution in [0.4, 0.5) is 0 Å². The van der Waals surface area contributed by atoms with Gasteiger partial charge in [-0.15, -0.1) is 0 Å². The van der Waals surface area contributed by atoms with Gasteiger partial charge in [0.1, 0.15) is 0 Å². The highest BCUT2D eigenvalue weighted by atomic mass is 28.3. The third-order valence-corrected chi connectivity index (χ3v) is 4.72. The Bertz CT molecular complexity index is 206. The molecule has 0 radical (unpaired) electrons.